The number of carboxylic acids is 1. The molecule has 3 nitrogen and oxygen atoms in total. The van der Waals surface area contributed by atoms with E-state index >= 15 is 0 Å². The molecule has 0 aromatic heterocycles. The fourth-order valence-electron chi connectivity index (χ4n) is 2.33. The summed E-state index contributed by atoms with van der Waals surface area (Å²) < 4.78 is 37.7. The topological polar surface area (TPSA) is 57.5 Å². The molecule has 2 rings (SSSR count). The van der Waals surface area contributed by atoms with Crippen LogP contribution in [0.25, 0.3) is 0 Å². The molecule has 0 bridgehead atoms. The lowest BCUT2D eigenvalue weighted by Crippen LogP contribution is -2.42. The van der Waals surface area contributed by atoms with Crippen LogP contribution in [0.15, 0.2) is 16.6 Å². The van der Waals surface area contributed by atoms with E-state index in [9.17, 15) is 28.2 Å². The Kier molecular flexibility index (Phi) is 3.28. The summed E-state index contributed by atoms with van der Waals surface area (Å²) in [4.78, 5) is 11.3. The van der Waals surface area contributed by atoms with Crippen LogP contribution in [0.5, 0.6) is 5.75 Å². The number of carboxylic acid groups (broad SMARTS) is 1. The third kappa shape index (κ3) is 2.20. The SMILES string of the molecule is O=C(O)C1(c2c(O)cc(C(F)(F)F)cc2Br)CCC1. The van der Waals surface area contributed by atoms with Crippen molar-refractivity contribution in [2.75, 3.05) is 0 Å². The zero-order valence-electron chi connectivity index (χ0n) is 9.59. The van der Waals surface area contributed by atoms with Crippen LogP contribution in [-0.4, -0.2) is 16.2 Å². The summed E-state index contributed by atoms with van der Waals surface area (Å²) in [7, 11) is 0. The highest BCUT2D eigenvalue weighted by Crippen LogP contribution is 2.51. The molecule has 7 heteroatoms. The quantitative estimate of drug-likeness (QED) is 0.864. The lowest BCUT2D eigenvalue weighted by atomic mass is 9.64. The van der Waals surface area contributed by atoms with Crippen LogP contribution in [-0.2, 0) is 16.4 Å². The fraction of sp³-hybridized carbons (Fsp3) is 0.417. The van der Waals surface area contributed by atoms with Crippen molar-refractivity contribution < 1.29 is 28.2 Å². The van der Waals surface area contributed by atoms with Gasteiger partial charge in [0.05, 0.1) is 11.0 Å². The van der Waals surface area contributed by atoms with E-state index in [2.05, 4.69) is 15.9 Å². The number of carbonyl (C=O) groups is 1. The zero-order valence-corrected chi connectivity index (χ0v) is 11.2. The van der Waals surface area contributed by atoms with Crippen LogP contribution in [0, 0.1) is 0 Å². The van der Waals surface area contributed by atoms with Crippen molar-refractivity contribution in [2.24, 2.45) is 0 Å². The smallest absolute Gasteiger partial charge is 0.416 e. The van der Waals surface area contributed by atoms with Gasteiger partial charge in [0, 0.05) is 10.0 Å². The van der Waals surface area contributed by atoms with Crippen LogP contribution in [0.2, 0.25) is 0 Å². The van der Waals surface area contributed by atoms with Crippen molar-refractivity contribution in [3.63, 3.8) is 0 Å². The summed E-state index contributed by atoms with van der Waals surface area (Å²) >= 11 is 2.95. The van der Waals surface area contributed by atoms with Gasteiger partial charge in [-0.15, -0.1) is 0 Å². The Morgan fingerprint density at radius 3 is 2.21 bits per heavy atom. The molecule has 0 unspecified atom stereocenters. The molecule has 1 aliphatic rings. The van der Waals surface area contributed by atoms with Gasteiger partial charge in [-0.05, 0) is 25.0 Å². The van der Waals surface area contributed by atoms with Gasteiger partial charge in [-0.2, -0.15) is 13.2 Å². The normalized spacial score (nSPS) is 17.9. The summed E-state index contributed by atoms with van der Waals surface area (Å²) in [6.45, 7) is 0. The number of phenolic OH excluding ortho intramolecular Hbond substituents is 1. The molecule has 2 N–H and O–H groups in total. The van der Waals surface area contributed by atoms with Gasteiger partial charge in [-0.1, -0.05) is 22.4 Å². The highest BCUT2D eigenvalue weighted by molar-refractivity contribution is 9.10. The first-order valence-electron chi connectivity index (χ1n) is 5.52. The summed E-state index contributed by atoms with van der Waals surface area (Å²) in [6, 6.07) is 1.38. The minimum atomic E-state index is -4.59. The molecule has 0 amide bonds. The Morgan fingerprint density at radius 2 is 1.89 bits per heavy atom. The Hall–Kier alpha value is -1.24. The van der Waals surface area contributed by atoms with Crippen LogP contribution in [0.1, 0.15) is 30.4 Å². The number of benzene rings is 1. The van der Waals surface area contributed by atoms with E-state index in [4.69, 9.17) is 0 Å². The number of hydrogen-bond acceptors (Lipinski definition) is 2. The first-order chi connectivity index (χ1) is 8.68. The maximum absolute atomic E-state index is 12.6. The second-order valence-corrected chi connectivity index (χ2v) is 5.45. The lowest BCUT2D eigenvalue weighted by Gasteiger charge is -2.39. The molecule has 1 fully saturated rings. The van der Waals surface area contributed by atoms with Crippen molar-refractivity contribution >= 4 is 21.9 Å². The van der Waals surface area contributed by atoms with E-state index in [0.29, 0.717) is 25.3 Å². The van der Waals surface area contributed by atoms with Gasteiger partial charge < -0.3 is 10.2 Å². The third-order valence-corrected chi connectivity index (χ3v) is 4.12. The Balaban J connectivity index is 2.58. The molecule has 1 aromatic carbocycles. The molecule has 0 saturated heterocycles. The molecule has 1 saturated carbocycles. The van der Waals surface area contributed by atoms with E-state index < -0.39 is 28.9 Å². The second kappa shape index (κ2) is 4.40. The molecule has 0 radical (unpaired) electrons. The van der Waals surface area contributed by atoms with E-state index in [1.165, 1.54) is 0 Å². The third-order valence-electron chi connectivity index (χ3n) is 3.49. The van der Waals surface area contributed by atoms with Gasteiger partial charge >= 0.3 is 12.1 Å². The molecule has 104 valence electrons. The predicted octanol–water partition coefficient (Wildman–Crippen LogP) is 3.68. The van der Waals surface area contributed by atoms with Crippen molar-refractivity contribution in [3.05, 3.63) is 27.7 Å². The maximum Gasteiger partial charge on any atom is 0.416 e. The maximum atomic E-state index is 12.6. The van der Waals surface area contributed by atoms with E-state index in [1.54, 1.807) is 0 Å². The van der Waals surface area contributed by atoms with Crippen molar-refractivity contribution in [2.45, 2.75) is 30.9 Å². The Labute approximate surface area is 115 Å². The van der Waals surface area contributed by atoms with Crippen molar-refractivity contribution in [1.29, 1.82) is 0 Å². The highest BCUT2D eigenvalue weighted by atomic mass is 79.9. The van der Waals surface area contributed by atoms with E-state index in [-0.39, 0.29) is 10.0 Å². The summed E-state index contributed by atoms with van der Waals surface area (Å²) in [5, 5.41) is 19.1. The number of halogens is 4. The molecule has 0 heterocycles. The average molecular weight is 339 g/mol. The molecule has 0 spiro atoms. The van der Waals surface area contributed by atoms with Crippen molar-refractivity contribution in [1.82, 2.24) is 0 Å². The second-order valence-electron chi connectivity index (χ2n) is 4.59. The molecule has 19 heavy (non-hydrogen) atoms. The lowest BCUT2D eigenvalue weighted by molar-refractivity contribution is -0.147. The number of rotatable bonds is 2. The summed E-state index contributed by atoms with van der Waals surface area (Å²) in [5.74, 6) is -1.77. The number of phenols is 1. The average Bonchev–Trinajstić information content (AvgIpc) is 2.18. The Morgan fingerprint density at radius 1 is 1.32 bits per heavy atom. The van der Waals surface area contributed by atoms with Crippen LogP contribution in [0.4, 0.5) is 13.2 Å². The molecule has 0 atom stereocenters. The largest absolute Gasteiger partial charge is 0.508 e. The van der Waals surface area contributed by atoms with Crippen LogP contribution < -0.4 is 0 Å². The minimum Gasteiger partial charge on any atom is -0.508 e. The summed E-state index contributed by atoms with van der Waals surface area (Å²) in [6.07, 6.45) is -3.31. The van der Waals surface area contributed by atoms with Gasteiger partial charge in [0.25, 0.3) is 0 Å². The standard InChI is InChI=1S/C12H10BrF3O3/c13-7-4-6(12(14,15)16)5-8(17)9(7)11(10(18)19)2-1-3-11/h4-5,17H,1-3H2,(H,18,19). The van der Waals surface area contributed by atoms with E-state index in [1.807, 2.05) is 0 Å². The van der Waals surface area contributed by atoms with E-state index in [0.717, 1.165) is 6.07 Å². The fourth-order valence-corrected chi connectivity index (χ4v) is 3.16. The molecule has 1 aromatic rings. The highest BCUT2D eigenvalue weighted by Gasteiger charge is 2.49. The van der Waals surface area contributed by atoms with Gasteiger partial charge in [-0.25, -0.2) is 0 Å². The summed E-state index contributed by atoms with van der Waals surface area (Å²) in [5.41, 5.74) is -2.27. The number of aliphatic carboxylic acids is 1. The minimum absolute atomic E-state index is 0.0260. The molecular formula is C12H10BrF3O3. The van der Waals surface area contributed by atoms with Crippen LogP contribution >= 0.6 is 15.9 Å². The molecular weight excluding hydrogens is 329 g/mol. The zero-order chi connectivity index (χ0) is 14.4. The molecule has 1 aliphatic carbocycles. The van der Waals surface area contributed by atoms with Crippen molar-refractivity contribution in [3.8, 4) is 5.75 Å². The number of aromatic hydroxyl groups is 1. The Bertz CT molecular complexity index is 513. The van der Waals surface area contributed by atoms with Gasteiger partial charge in [0.15, 0.2) is 0 Å². The van der Waals surface area contributed by atoms with Gasteiger partial charge in [0.1, 0.15) is 5.75 Å². The van der Waals surface area contributed by atoms with Gasteiger partial charge in [0.2, 0.25) is 0 Å². The molecule has 0 aliphatic heterocycles. The number of alkyl halides is 3. The number of hydrogen-bond donors (Lipinski definition) is 2. The van der Waals surface area contributed by atoms with Gasteiger partial charge in [-0.3, -0.25) is 4.79 Å². The van der Waals surface area contributed by atoms with Crippen LogP contribution in [0.3, 0.4) is 0 Å². The predicted molar refractivity (Wildman–Crippen MR) is 64.0 cm³/mol. The first-order valence-corrected chi connectivity index (χ1v) is 6.31. The first kappa shape index (κ1) is 14.2. The monoisotopic (exact) mass is 338 g/mol.